The zero-order valence-electron chi connectivity index (χ0n) is 10.2. The molecule has 102 valence electrons. The molecule has 7 heteroatoms. The molecule has 20 heavy (non-hydrogen) atoms. The maximum absolute atomic E-state index is 9.20. The zero-order valence-corrected chi connectivity index (χ0v) is 12.6. The number of benzene rings is 1. The summed E-state index contributed by atoms with van der Waals surface area (Å²) < 4.78 is 6.22. The predicted octanol–water partition coefficient (Wildman–Crippen LogP) is 3.88. The third-order valence-electron chi connectivity index (χ3n) is 2.57. The maximum Gasteiger partial charge on any atom is 0.246 e. The lowest BCUT2D eigenvalue weighted by Crippen LogP contribution is -1.99. The van der Waals surface area contributed by atoms with Crippen LogP contribution in [0.15, 0.2) is 44.7 Å². The quantitative estimate of drug-likeness (QED) is 0.698. The largest absolute Gasteiger partial charge is 0.508 e. The van der Waals surface area contributed by atoms with Crippen molar-refractivity contribution in [3.05, 3.63) is 46.1 Å². The average molecular weight is 352 g/mol. The van der Waals surface area contributed by atoms with Crippen LogP contribution < -0.4 is 5.32 Å². The third-order valence-corrected chi connectivity index (χ3v) is 4.19. The lowest BCUT2D eigenvalue weighted by atomic mass is 10.3. The fraction of sp³-hybridized carbons (Fsp3) is 0.0769. The van der Waals surface area contributed by atoms with Crippen LogP contribution in [0.4, 0.5) is 5.69 Å². The minimum Gasteiger partial charge on any atom is -0.508 e. The van der Waals surface area contributed by atoms with Crippen molar-refractivity contribution >= 4 is 33.0 Å². The van der Waals surface area contributed by atoms with Gasteiger partial charge in [0.1, 0.15) is 5.75 Å². The molecule has 5 nitrogen and oxygen atoms in total. The first kappa shape index (κ1) is 13.1. The van der Waals surface area contributed by atoms with Crippen molar-refractivity contribution in [3.63, 3.8) is 0 Å². The molecule has 3 aromatic rings. The Morgan fingerprint density at radius 2 is 2.00 bits per heavy atom. The van der Waals surface area contributed by atoms with E-state index in [1.807, 2.05) is 12.1 Å². The number of thiophene rings is 1. The number of aromatic hydroxyl groups is 1. The number of rotatable bonds is 4. The summed E-state index contributed by atoms with van der Waals surface area (Å²) in [6, 6.07) is 10.7. The third kappa shape index (κ3) is 3.00. The molecule has 3 rings (SSSR count). The lowest BCUT2D eigenvalue weighted by molar-refractivity contribution is 0.384. The van der Waals surface area contributed by atoms with Gasteiger partial charge in [-0.3, -0.25) is 0 Å². The van der Waals surface area contributed by atoms with E-state index in [0.29, 0.717) is 18.3 Å². The molecule has 2 N–H and O–H groups in total. The van der Waals surface area contributed by atoms with Gasteiger partial charge in [0.15, 0.2) is 0 Å². The topological polar surface area (TPSA) is 71.2 Å². The van der Waals surface area contributed by atoms with Crippen LogP contribution in [0.25, 0.3) is 10.7 Å². The fourth-order valence-electron chi connectivity index (χ4n) is 1.62. The molecule has 0 bridgehead atoms. The Labute approximate surface area is 127 Å². The minimum atomic E-state index is 0.235. The summed E-state index contributed by atoms with van der Waals surface area (Å²) in [5, 5.41) is 16.3. The van der Waals surface area contributed by atoms with E-state index in [1.54, 1.807) is 35.6 Å². The fourth-order valence-corrected chi connectivity index (χ4v) is 2.93. The van der Waals surface area contributed by atoms with E-state index in [-0.39, 0.29) is 5.75 Å². The van der Waals surface area contributed by atoms with E-state index in [1.165, 1.54) is 0 Å². The normalized spacial score (nSPS) is 10.7. The van der Waals surface area contributed by atoms with Crippen molar-refractivity contribution in [2.75, 3.05) is 5.32 Å². The van der Waals surface area contributed by atoms with Gasteiger partial charge in [-0.05, 0) is 52.3 Å². The second-order valence-corrected chi connectivity index (χ2v) is 6.48. The number of anilines is 1. The number of hydrogen-bond donors (Lipinski definition) is 2. The van der Waals surface area contributed by atoms with Gasteiger partial charge in [-0.2, -0.15) is 4.98 Å². The molecular formula is C13H10BrN3O2S. The van der Waals surface area contributed by atoms with Gasteiger partial charge in [-0.1, -0.05) is 5.16 Å². The Balaban J connectivity index is 1.67. The highest BCUT2D eigenvalue weighted by Gasteiger charge is 2.10. The van der Waals surface area contributed by atoms with Crippen molar-refractivity contribution in [1.29, 1.82) is 0 Å². The SMILES string of the molecule is Oc1ccc(NCc2nc(-c3ccc(Br)s3)no2)cc1. The predicted molar refractivity (Wildman–Crippen MR) is 80.7 cm³/mol. The molecule has 0 fully saturated rings. The van der Waals surface area contributed by atoms with E-state index in [9.17, 15) is 5.11 Å². The summed E-state index contributed by atoms with van der Waals surface area (Å²) in [7, 11) is 0. The minimum absolute atomic E-state index is 0.235. The van der Waals surface area contributed by atoms with Crippen molar-refractivity contribution in [3.8, 4) is 16.5 Å². The van der Waals surface area contributed by atoms with Gasteiger partial charge in [0.2, 0.25) is 11.7 Å². The number of phenolic OH excluding ortho intramolecular Hbond substituents is 1. The summed E-state index contributed by atoms with van der Waals surface area (Å²) in [5.74, 6) is 1.33. The second-order valence-electron chi connectivity index (χ2n) is 4.02. The van der Waals surface area contributed by atoms with Gasteiger partial charge >= 0.3 is 0 Å². The van der Waals surface area contributed by atoms with Gasteiger partial charge < -0.3 is 14.9 Å². The summed E-state index contributed by atoms with van der Waals surface area (Å²) in [6.07, 6.45) is 0. The number of nitrogens with zero attached hydrogens (tertiary/aromatic N) is 2. The Kier molecular flexibility index (Phi) is 3.70. The lowest BCUT2D eigenvalue weighted by Gasteiger charge is -2.02. The smallest absolute Gasteiger partial charge is 0.246 e. The summed E-state index contributed by atoms with van der Waals surface area (Å²) in [4.78, 5) is 5.28. The van der Waals surface area contributed by atoms with Crippen LogP contribution in [-0.2, 0) is 6.54 Å². The molecule has 2 aromatic heterocycles. The van der Waals surface area contributed by atoms with E-state index < -0.39 is 0 Å². The Morgan fingerprint density at radius 3 is 2.70 bits per heavy atom. The highest BCUT2D eigenvalue weighted by molar-refractivity contribution is 9.11. The standard InChI is InChI=1S/C13H10BrN3O2S/c14-11-6-5-10(20-11)13-16-12(19-17-13)7-15-8-1-3-9(18)4-2-8/h1-6,15,18H,7H2. The molecule has 0 radical (unpaired) electrons. The van der Waals surface area contributed by atoms with Crippen LogP contribution in [0.5, 0.6) is 5.75 Å². The van der Waals surface area contributed by atoms with Crippen LogP contribution in [0.3, 0.4) is 0 Å². The Morgan fingerprint density at radius 1 is 1.20 bits per heavy atom. The molecule has 0 spiro atoms. The molecule has 0 aliphatic rings. The van der Waals surface area contributed by atoms with Crippen LogP contribution >= 0.6 is 27.3 Å². The van der Waals surface area contributed by atoms with Crippen molar-refractivity contribution in [2.45, 2.75) is 6.54 Å². The average Bonchev–Trinajstić information content (AvgIpc) is 3.07. The van der Waals surface area contributed by atoms with Crippen molar-refractivity contribution in [1.82, 2.24) is 10.1 Å². The highest BCUT2D eigenvalue weighted by Crippen LogP contribution is 2.29. The number of halogens is 1. The van der Waals surface area contributed by atoms with E-state index in [2.05, 4.69) is 31.4 Å². The van der Waals surface area contributed by atoms with E-state index in [0.717, 1.165) is 14.4 Å². The van der Waals surface area contributed by atoms with Crippen LogP contribution in [0, 0.1) is 0 Å². The van der Waals surface area contributed by atoms with E-state index >= 15 is 0 Å². The molecule has 2 heterocycles. The molecule has 0 amide bonds. The first-order valence-electron chi connectivity index (χ1n) is 5.82. The van der Waals surface area contributed by atoms with E-state index in [4.69, 9.17) is 4.52 Å². The molecule has 1 aromatic carbocycles. The molecular weight excluding hydrogens is 342 g/mol. The van der Waals surface area contributed by atoms with Gasteiger partial charge in [-0.25, -0.2) is 0 Å². The number of phenols is 1. The first-order chi connectivity index (χ1) is 9.70. The molecule has 0 unspecified atom stereocenters. The van der Waals surface area contributed by atoms with Crippen molar-refractivity contribution < 1.29 is 9.63 Å². The molecule has 0 saturated carbocycles. The highest BCUT2D eigenvalue weighted by atomic mass is 79.9. The maximum atomic E-state index is 9.20. The molecule has 0 aliphatic carbocycles. The van der Waals surface area contributed by atoms with Crippen molar-refractivity contribution in [2.24, 2.45) is 0 Å². The number of nitrogens with one attached hydrogen (secondary N) is 1. The van der Waals surface area contributed by atoms with Gasteiger partial charge in [0.25, 0.3) is 0 Å². The molecule has 0 saturated heterocycles. The van der Waals surface area contributed by atoms with Crippen LogP contribution in [0.2, 0.25) is 0 Å². The second kappa shape index (κ2) is 5.64. The van der Waals surface area contributed by atoms with Gasteiger partial charge in [0.05, 0.1) is 15.2 Å². The summed E-state index contributed by atoms with van der Waals surface area (Å²) in [5.41, 5.74) is 0.876. The zero-order chi connectivity index (χ0) is 13.9. The number of hydrogen-bond acceptors (Lipinski definition) is 6. The summed E-state index contributed by atoms with van der Waals surface area (Å²) in [6.45, 7) is 0.435. The molecule has 0 aliphatic heterocycles. The van der Waals surface area contributed by atoms with Crippen LogP contribution in [0.1, 0.15) is 5.89 Å². The Bertz CT molecular complexity index is 708. The van der Waals surface area contributed by atoms with Gasteiger partial charge in [-0.15, -0.1) is 11.3 Å². The Hall–Kier alpha value is -1.86. The van der Waals surface area contributed by atoms with Gasteiger partial charge in [0, 0.05) is 5.69 Å². The number of aromatic nitrogens is 2. The molecule has 0 atom stereocenters. The summed E-state index contributed by atoms with van der Waals surface area (Å²) >= 11 is 4.96. The van der Waals surface area contributed by atoms with Crippen LogP contribution in [-0.4, -0.2) is 15.2 Å². The monoisotopic (exact) mass is 351 g/mol. The first-order valence-corrected chi connectivity index (χ1v) is 7.43.